The van der Waals surface area contributed by atoms with E-state index in [1.807, 2.05) is 31.3 Å². The standard InChI is InChI=1S/C24H27ClN2/c1-16-14-19(15-26-23-9-7-8-22(25)17(23)2)18(3)27(16)21-12-10-20(11-13-21)24(4,5)6/h7-15H,1-6H3. The summed E-state index contributed by atoms with van der Waals surface area (Å²) < 4.78 is 2.28. The van der Waals surface area contributed by atoms with Gasteiger partial charge in [-0.3, -0.25) is 4.99 Å². The van der Waals surface area contributed by atoms with Gasteiger partial charge in [0.2, 0.25) is 0 Å². The lowest BCUT2D eigenvalue weighted by atomic mass is 9.87. The molecule has 0 fully saturated rings. The highest BCUT2D eigenvalue weighted by Gasteiger charge is 2.14. The van der Waals surface area contributed by atoms with Crippen LogP contribution < -0.4 is 0 Å². The summed E-state index contributed by atoms with van der Waals surface area (Å²) in [5.41, 5.74) is 8.07. The van der Waals surface area contributed by atoms with Crippen molar-refractivity contribution in [3.05, 3.63) is 81.6 Å². The van der Waals surface area contributed by atoms with Crippen LogP contribution in [0.2, 0.25) is 5.02 Å². The lowest BCUT2D eigenvalue weighted by Crippen LogP contribution is -2.11. The van der Waals surface area contributed by atoms with E-state index in [2.05, 4.69) is 74.5 Å². The van der Waals surface area contributed by atoms with E-state index in [0.717, 1.165) is 21.8 Å². The Labute approximate surface area is 167 Å². The number of hydrogen-bond acceptors (Lipinski definition) is 1. The molecule has 0 bridgehead atoms. The minimum atomic E-state index is 0.159. The molecule has 3 rings (SSSR count). The van der Waals surface area contributed by atoms with Crippen LogP contribution in [-0.4, -0.2) is 10.8 Å². The van der Waals surface area contributed by atoms with E-state index in [1.165, 1.54) is 22.6 Å². The van der Waals surface area contributed by atoms with Gasteiger partial charge in [-0.2, -0.15) is 0 Å². The normalized spacial score (nSPS) is 12.1. The molecule has 0 spiro atoms. The first-order valence-electron chi connectivity index (χ1n) is 9.27. The molecule has 0 N–H and O–H groups in total. The lowest BCUT2D eigenvalue weighted by Gasteiger charge is -2.20. The zero-order valence-electron chi connectivity index (χ0n) is 17.0. The molecule has 3 aromatic rings. The van der Waals surface area contributed by atoms with Crippen LogP contribution in [-0.2, 0) is 5.41 Å². The van der Waals surface area contributed by atoms with Crippen LogP contribution in [0.1, 0.15) is 48.8 Å². The fraction of sp³-hybridized carbons (Fsp3) is 0.292. The second kappa shape index (κ2) is 7.36. The molecule has 0 atom stereocenters. The average molecular weight is 379 g/mol. The SMILES string of the molecule is Cc1c(Cl)cccc1N=Cc1cc(C)n(-c2ccc(C(C)(C)C)cc2)c1C. The van der Waals surface area contributed by atoms with Crippen LogP contribution in [0.5, 0.6) is 0 Å². The molecule has 0 unspecified atom stereocenters. The maximum atomic E-state index is 6.20. The van der Waals surface area contributed by atoms with Gasteiger partial charge >= 0.3 is 0 Å². The number of nitrogens with zero attached hydrogens (tertiary/aromatic N) is 2. The zero-order chi connectivity index (χ0) is 19.8. The molecule has 1 aromatic heterocycles. The highest BCUT2D eigenvalue weighted by Crippen LogP contribution is 2.27. The van der Waals surface area contributed by atoms with Gasteiger partial charge < -0.3 is 4.57 Å². The van der Waals surface area contributed by atoms with Gasteiger partial charge in [-0.05, 0) is 67.6 Å². The Kier molecular flexibility index (Phi) is 5.30. The Morgan fingerprint density at radius 3 is 2.26 bits per heavy atom. The van der Waals surface area contributed by atoms with Gasteiger partial charge in [0.05, 0.1) is 5.69 Å². The van der Waals surface area contributed by atoms with Crippen LogP contribution in [0.15, 0.2) is 53.5 Å². The molecule has 0 saturated heterocycles. The van der Waals surface area contributed by atoms with E-state index in [4.69, 9.17) is 11.6 Å². The molecule has 0 saturated carbocycles. The molecule has 2 nitrogen and oxygen atoms in total. The van der Waals surface area contributed by atoms with Crippen molar-refractivity contribution in [1.29, 1.82) is 0 Å². The Bertz CT molecular complexity index is 986. The summed E-state index contributed by atoms with van der Waals surface area (Å²) in [4.78, 5) is 4.67. The van der Waals surface area contributed by atoms with E-state index < -0.39 is 0 Å². The molecular formula is C24H27ClN2. The Morgan fingerprint density at radius 1 is 0.963 bits per heavy atom. The third-order valence-electron chi connectivity index (χ3n) is 5.04. The lowest BCUT2D eigenvalue weighted by molar-refractivity contribution is 0.590. The molecule has 140 valence electrons. The molecule has 0 amide bonds. The van der Waals surface area contributed by atoms with Crippen LogP contribution in [0.25, 0.3) is 5.69 Å². The van der Waals surface area contributed by atoms with E-state index in [1.54, 1.807) is 0 Å². The van der Waals surface area contributed by atoms with Gasteiger partial charge in [0.25, 0.3) is 0 Å². The second-order valence-corrected chi connectivity index (χ2v) is 8.51. The van der Waals surface area contributed by atoms with Crippen molar-refractivity contribution in [3.63, 3.8) is 0 Å². The van der Waals surface area contributed by atoms with Crippen molar-refractivity contribution < 1.29 is 0 Å². The smallest absolute Gasteiger partial charge is 0.0673 e. The predicted molar refractivity (Wildman–Crippen MR) is 117 cm³/mol. The Balaban J connectivity index is 1.95. The van der Waals surface area contributed by atoms with Crippen molar-refractivity contribution in [2.75, 3.05) is 0 Å². The number of aliphatic imine (C=N–C) groups is 1. The average Bonchev–Trinajstić information content (AvgIpc) is 2.89. The van der Waals surface area contributed by atoms with Crippen LogP contribution in [0.4, 0.5) is 5.69 Å². The van der Waals surface area contributed by atoms with Gasteiger partial charge in [-0.1, -0.05) is 50.6 Å². The Hall–Kier alpha value is -2.32. The summed E-state index contributed by atoms with van der Waals surface area (Å²) in [6, 6.07) is 16.8. The topological polar surface area (TPSA) is 17.3 Å². The first kappa shape index (κ1) is 19.4. The number of halogens is 1. The third-order valence-corrected chi connectivity index (χ3v) is 5.45. The molecule has 2 aromatic carbocycles. The van der Waals surface area contributed by atoms with Gasteiger partial charge in [-0.15, -0.1) is 0 Å². The summed E-state index contributed by atoms with van der Waals surface area (Å²) >= 11 is 6.20. The molecular weight excluding hydrogens is 352 g/mol. The highest BCUT2D eigenvalue weighted by atomic mass is 35.5. The van der Waals surface area contributed by atoms with Gasteiger partial charge in [0.1, 0.15) is 0 Å². The second-order valence-electron chi connectivity index (χ2n) is 8.10. The Morgan fingerprint density at radius 2 is 1.63 bits per heavy atom. The monoisotopic (exact) mass is 378 g/mol. The zero-order valence-corrected chi connectivity index (χ0v) is 17.7. The summed E-state index contributed by atoms with van der Waals surface area (Å²) in [7, 11) is 0. The first-order valence-corrected chi connectivity index (χ1v) is 9.65. The minimum Gasteiger partial charge on any atom is -0.318 e. The molecule has 3 heteroatoms. The largest absolute Gasteiger partial charge is 0.318 e. The quantitative estimate of drug-likeness (QED) is 0.432. The molecule has 0 aliphatic heterocycles. The molecule has 27 heavy (non-hydrogen) atoms. The van der Waals surface area contributed by atoms with Crippen molar-refractivity contribution >= 4 is 23.5 Å². The molecule has 0 radical (unpaired) electrons. The van der Waals surface area contributed by atoms with E-state index in [9.17, 15) is 0 Å². The summed E-state index contributed by atoms with van der Waals surface area (Å²) in [5.74, 6) is 0. The van der Waals surface area contributed by atoms with Gasteiger partial charge in [0, 0.05) is 33.9 Å². The number of rotatable bonds is 3. The number of hydrogen-bond donors (Lipinski definition) is 0. The summed E-state index contributed by atoms with van der Waals surface area (Å²) in [6.07, 6.45) is 1.93. The van der Waals surface area contributed by atoms with E-state index in [-0.39, 0.29) is 5.41 Å². The fourth-order valence-corrected chi connectivity index (χ4v) is 3.47. The molecule has 0 aliphatic rings. The number of aromatic nitrogens is 1. The summed E-state index contributed by atoms with van der Waals surface area (Å²) in [6.45, 7) is 13.0. The molecule has 0 aliphatic carbocycles. The maximum Gasteiger partial charge on any atom is 0.0673 e. The predicted octanol–water partition coefficient (Wildman–Crippen LogP) is 7.10. The van der Waals surface area contributed by atoms with Crippen LogP contribution in [0.3, 0.4) is 0 Å². The highest BCUT2D eigenvalue weighted by molar-refractivity contribution is 6.31. The van der Waals surface area contributed by atoms with Gasteiger partial charge in [0.15, 0.2) is 0 Å². The maximum absolute atomic E-state index is 6.20. The van der Waals surface area contributed by atoms with Crippen LogP contribution in [0, 0.1) is 20.8 Å². The first-order chi connectivity index (χ1) is 12.7. The van der Waals surface area contributed by atoms with Crippen molar-refractivity contribution in [2.45, 2.75) is 47.0 Å². The summed E-state index contributed by atoms with van der Waals surface area (Å²) in [5, 5.41) is 0.745. The van der Waals surface area contributed by atoms with Crippen molar-refractivity contribution in [3.8, 4) is 5.69 Å². The number of benzene rings is 2. The third kappa shape index (κ3) is 4.01. The van der Waals surface area contributed by atoms with E-state index >= 15 is 0 Å². The minimum absolute atomic E-state index is 0.159. The van der Waals surface area contributed by atoms with Crippen molar-refractivity contribution in [1.82, 2.24) is 4.57 Å². The van der Waals surface area contributed by atoms with Gasteiger partial charge in [-0.25, -0.2) is 0 Å². The molecule has 1 heterocycles. The number of aryl methyl sites for hydroxylation is 1. The fourth-order valence-electron chi connectivity index (χ4n) is 3.30. The van der Waals surface area contributed by atoms with E-state index in [0.29, 0.717) is 0 Å². The van der Waals surface area contributed by atoms with Crippen LogP contribution >= 0.6 is 11.6 Å². The van der Waals surface area contributed by atoms with Crippen molar-refractivity contribution in [2.24, 2.45) is 4.99 Å².